The first kappa shape index (κ1) is 50.1. The standard InChI is InChI=1S/C57H57N5O5/c1-8-15-28-63-53-33-43(13-6)58-45(35-53)20-22-47-37-55(65-30-17-10-3)39-49(60-47)24-26-51-41-57(67-32-19-12-5)42-52(62-51)27-25-50-40-56(66-31-18-11-4)38-48(61-50)23-21-46-36-54(64-29-16-9-2)34-44(14-7)59-46/h6-7,33-42H,8-12,15-19,28-32H2,1-5H3. The molecule has 0 saturated carbocycles. The summed E-state index contributed by atoms with van der Waals surface area (Å²) in [6.45, 7) is 13.3. The molecule has 10 nitrogen and oxygen atoms in total. The van der Waals surface area contributed by atoms with Gasteiger partial charge < -0.3 is 23.7 Å². The highest BCUT2D eigenvalue weighted by molar-refractivity contribution is 5.51. The quantitative estimate of drug-likeness (QED) is 0.0553. The highest BCUT2D eigenvalue weighted by Crippen LogP contribution is 2.20. The van der Waals surface area contributed by atoms with E-state index in [1.54, 1.807) is 60.7 Å². The van der Waals surface area contributed by atoms with E-state index in [4.69, 9.17) is 51.5 Å². The minimum Gasteiger partial charge on any atom is -0.493 e. The van der Waals surface area contributed by atoms with E-state index in [0.29, 0.717) is 119 Å². The Balaban J connectivity index is 1.50. The molecule has 5 aromatic rings. The van der Waals surface area contributed by atoms with E-state index < -0.39 is 0 Å². The fraction of sp³-hybridized carbons (Fsp3) is 0.351. The van der Waals surface area contributed by atoms with E-state index in [1.165, 1.54) is 0 Å². The summed E-state index contributed by atoms with van der Waals surface area (Å²) in [5.41, 5.74) is 4.46. The normalized spacial score (nSPS) is 9.96. The van der Waals surface area contributed by atoms with Crippen LogP contribution >= 0.6 is 0 Å². The molecule has 0 saturated heterocycles. The fourth-order valence-corrected chi connectivity index (χ4v) is 5.79. The average molecular weight is 892 g/mol. The first-order valence-corrected chi connectivity index (χ1v) is 23.1. The molecule has 0 spiro atoms. The number of hydrogen-bond donors (Lipinski definition) is 0. The van der Waals surface area contributed by atoms with Crippen molar-refractivity contribution in [2.24, 2.45) is 0 Å². The Hall–Kier alpha value is -7.89. The van der Waals surface area contributed by atoms with Crippen molar-refractivity contribution >= 4 is 0 Å². The number of terminal acetylenes is 2. The van der Waals surface area contributed by atoms with Gasteiger partial charge in [0.25, 0.3) is 0 Å². The monoisotopic (exact) mass is 891 g/mol. The third-order valence-electron chi connectivity index (χ3n) is 9.40. The molecule has 340 valence electrons. The van der Waals surface area contributed by atoms with Crippen LogP contribution in [0.15, 0.2) is 60.7 Å². The summed E-state index contributed by atoms with van der Waals surface area (Å²) >= 11 is 0. The number of nitrogens with zero attached hydrogens (tertiary/aromatic N) is 5. The molecule has 0 aromatic carbocycles. The van der Waals surface area contributed by atoms with E-state index in [1.807, 2.05) is 0 Å². The molecule has 0 aliphatic rings. The van der Waals surface area contributed by atoms with Crippen LogP contribution in [0.1, 0.15) is 156 Å². The SMILES string of the molecule is C#Cc1cc(OCCCC)cc(C#Cc2cc(OCCCC)cc(C#Cc3cc(OCCCC)cc(C#Cc4cc(OCCCC)cc(C#Cc5cc(OCCCC)cc(C#C)n5)n4)n3)n2)n1. The third-order valence-corrected chi connectivity index (χ3v) is 9.40. The Bertz CT molecular complexity index is 2610. The molecule has 0 bridgehead atoms. The van der Waals surface area contributed by atoms with Crippen LogP contribution in [0.25, 0.3) is 0 Å². The first-order valence-electron chi connectivity index (χ1n) is 23.1. The van der Waals surface area contributed by atoms with Crippen molar-refractivity contribution in [3.63, 3.8) is 0 Å². The van der Waals surface area contributed by atoms with E-state index >= 15 is 0 Å². The van der Waals surface area contributed by atoms with Crippen molar-refractivity contribution in [2.75, 3.05) is 33.0 Å². The molecule has 0 fully saturated rings. The van der Waals surface area contributed by atoms with Gasteiger partial charge in [0.15, 0.2) is 0 Å². The molecule has 0 radical (unpaired) electrons. The van der Waals surface area contributed by atoms with Gasteiger partial charge in [0.05, 0.1) is 33.0 Å². The molecular formula is C57H57N5O5. The fourth-order valence-electron chi connectivity index (χ4n) is 5.79. The molecule has 5 aromatic heterocycles. The van der Waals surface area contributed by atoms with Gasteiger partial charge in [0.1, 0.15) is 85.7 Å². The van der Waals surface area contributed by atoms with Crippen LogP contribution in [-0.4, -0.2) is 58.0 Å². The topological polar surface area (TPSA) is 111 Å². The number of aromatic nitrogens is 5. The maximum absolute atomic E-state index is 6.13. The lowest BCUT2D eigenvalue weighted by Crippen LogP contribution is -2.00. The highest BCUT2D eigenvalue weighted by Gasteiger charge is 2.08. The van der Waals surface area contributed by atoms with Gasteiger partial charge in [-0.05, 0) is 79.5 Å². The Morgan fingerprint density at radius 2 is 0.463 bits per heavy atom. The summed E-state index contributed by atoms with van der Waals surface area (Å²) in [6.07, 6.45) is 20.9. The number of unbranched alkanes of at least 4 members (excludes halogenated alkanes) is 5. The van der Waals surface area contributed by atoms with Crippen molar-refractivity contribution in [3.8, 4) is 101 Å². The Kier molecular flexibility index (Phi) is 21.0. The van der Waals surface area contributed by atoms with Crippen molar-refractivity contribution in [2.45, 2.75) is 98.8 Å². The summed E-state index contributed by atoms with van der Waals surface area (Å²) in [5, 5.41) is 0. The Labute approximate surface area is 397 Å². The van der Waals surface area contributed by atoms with Crippen LogP contribution < -0.4 is 23.7 Å². The maximum atomic E-state index is 6.13. The number of pyridine rings is 5. The number of ether oxygens (including phenoxy) is 5. The van der Waals surface area contributed by atoms with Gasteiger partial charge in [0.2, 0.25) is 0 Å². The zero-order chi connectivity index (χ0) is 47.5. The summed E-state index contributed by atoms with van der Waals surface area (Å²) < 4.78 is 30.1. The van der Waals surface area contributed by atoms with Crippen molar-refractivity contribution in [3.05, 3.63) is 118 Å². The van der Waals surface area contributed by atoms with E-state index in [-0.39, 0.29) is 0 Å². The van der Waals surface area contributed by atoms with Crippen LogP contribution in [0.4, 0.5) is 0 Å². The maximum Gasteiger partial charge on any atom is 0.124 e. The second-order valence-corrected chi connectivity index (χ2v) is 15.2. The van der Waals surface area contributed by atoms with Gasteiger partial charge in [0, 0.05) is 60.7 Å². The smallest absolute Gasteiger partial charge is 0.124 e. The van der Waals surface area contributed by atoms with Crippen LogP contribution in [0.2, 0.25) is 0 Å². The molecular weight excluding hydrogens is 835 g/mol. The molecule has 0 aliphatic carbocycles. The van der Waals surface area contributed by atoms with E-state index in [9.17, 15) is 0 Å². The zero-order valence-corrected chi connectivity index (χ0v) is 39.3. The highest BCUT2D eigenvalue weighted by atomic mass is 16.5. The summed E-state index contributed by atoms with van der Waals surface area (Å²) in [4.78, 5) is 23.2. The number of hydrogen-bond acceptors (Lipinski definition) is 10. The molecule has 0 unspecified atom stereocenters. The molecule has 5 heterocycles. The largest absolute Gasteiger partial charge is 0.493 e. The average Bonchev–Trinajstić information content (AvgIpc) is 3.34. The lowest BCUT2D eigenvalue weighted by atomic mass is 10.2. The van der Waals surface area contributed by atoms with Gasteiger partial charge in [-0.15, -0.1) is 12.8 Å². The predicted molar refractivity (Wildman–Crippen MR) is 263 cm³/mol. The van der Waals surface area contributed by atoms with E-state index in [0.717, 1.165) is 64.2 Å². The lowest BCUT2D eigenvalue weighted by molar-refractivity contribution is 0.308. The van der Waals surface area contributed by atoms with Crippen molar-refractivity contribution in [1.82, 2.24) is 24.9 Å². The lowest BCUT2D eigenvalue weighted by Gasteiger charge is -2.07. The van der Waals surface area contributed by atoms with Gasteiger partial charge in [-0.2, -0.15) is 0 Å². The zero-order valence-electron chi connectivity index (χ0n) is 39.3. The summed E-state index contributed by atoms with van der Waals surface area (Å²) in [7, 11) is 0. The number of rotatable bonds is 20. The summed E-state index contributed by atoms with van der Waals surface area (Å²) in [5.74, 6) is 33.3. The van der Waals surface area contributed by atoms with Gasteiger partial charge >= 0.3 is 0 Å². The predicted octanol–water partition coefficient (Wildman–Crippen LogP) is 10.1. The molecule has 5 rings (SSSR count). The summed E-state index contributed by atoms with van der Waals surface area (Å²) in [6, 6.07) is 17.7. The second kappa shape index (κ2) is 28.1. The van der Waals surface area contributed by atoms with Crippen LogP contribution in [0.3, 0.4) is 0 Å². The molecule has 0 aliphatic heterocycles. The minimum absolute atomic E-state index is 0.437. The van der Waals surface area contributed by atoms with E-state index in [2.05, 4.69) is 104 Å². The van der Waals surface area contributed by atoms with Crippen LogP contribution in [0, 0.1) is 72.1 Å². The molecule has 0 amide bonds. The van der Waals surface area contributed by atoms with Crippen molar-refractivity contribution in [1.29, 1.82) is 0 Å². The van der Waals surface area contributed by atoms with Gasteiger partial charge in [-0.25, -0.2) is 24.9 Å². The third kappa shape index (κ3) is 17.9. The van der Waals surface area contributed by atoms with Crippen LogP contribution in [0.5, 0.6) is 28.7 Å². The first-order chi connectivity index (χ1) is 32.8. The second-order valence-electron chi connectivity index (χ2n) is 15.2. The van der Waals surface area contributed by atoms with Crippen molar-refractivity contribution < 1.29 is 23.7 Å². The molecule has 67 heavy (non-hydrogen) atoms. The molecule has 0 atom stereocenters. The molecule has 10 heteroatoms. The van der Waals surface area contributed by atoms with Crippen LogP contribution in [-0.2, 0) is 0 Å². The van der Waals surface area contributed by atoms with Gasteiger partial charge in [-0.3, -0.25) is 0 Å². The van der Waals surface area contributed by atoms with Gasteiger partial charge in [-0.1, -0.05) is 78.6 Å². The Morgan fingerprint density at radius 3 is 0.627 bits per heavy atom. The molecule has 0 N–H and O–H groups in total. The Morgan fingerprint density at radius 1 is 0.299 bits per heavy atom. The minimum atomic E-state index is 0.437.